The smallest absolute Gasteiger partial charge is 0.326 e. The van der Waals surface area contributed by atoms with Gasteiger partial charge in [-0.3, -0.25) is 4.79 Å². The molecule has 0 aliphatic carbocycles. The van der Waals surface area contributed by atoms with E-state index in [4.69, 9.17) is 0 Å². The second-order valence-electron chi connectivity index (χ2n) is 6.50. The van der Waals surface area contributed by atoms with Crippen LogP contribution in [0.2, 0.25) is 0 Å². The van der Waals surface area contributed by atoms with Crippen molar-refractivity contribution in [2.75, 3.05) is 7.11 Å². The highest BCUT2D eigenvalue weighted by Crippen LogP contribution is 2.23. The van der Waals surface area contributed by atoms with Crippen LogP contribution in [0.1, 0.15) is 40.2 Å². The third kappa shape index (κ3) is 4.28. The number of sulfonamides is 1. The average molecular weight is 313 g/mol. The number of nitrogens with one attached hydrogen (secondary N) is 1. The van der Waals surface area contributed by atoms with E-state index in [-0.39, 0.29) is 10.3 Å². The molecule has 1 aromatic rings. The molecule has 5 nitrogen and oxygen atoms in total. The standard InChI is InChI=1S/C15H23NO4S/c1-14(2,3)11-7-9-12(10-8-11)21(18,19)16-15(4,5)13(17)20-6/h7-10,16H,1-6H3. The molecule has 0 aliphatic heterocycles. The summed E-state index contributed by atoms with van der Waals surface area (Å²) in [5.41, 5.74) is -0.342. The van der Waals surface area contributed by atoms with E-state index in [0.29, 0.717) is 0 Å². The Hall–Kier alpha value is -1.40. The SMILES string of the molecule is COC(=O)C(C)(C)NS(=O)(=O)c1ccc(C(C)(C)C)cc1. The lowest BCUT2D eigenvalue weighted by Crippen LogP contribution is -2.50. The number of benzene rings is 1. The summed E-state index contributed by atoms with van der Waals surface area (Å²) in [5, 5.41) is 0. The van der Waals surface area contributed by atoms with Crippen LogP contribution in [0.5, 0.6) is 0 Å². The Bertz CT molecular complexity index is 610. The molecule has 1 rings (SSSR count). The molecule has 118 valence electrons. The van der Waals surface area contributed by atoms with Gasteiger partial charge in [0.2, 0.25) is 10.0 Å². The molecule has 0 radical (unpaired) electrons. The molecular formula is C15H23NO4S. The minimum absolute atomic E-state index is 0.0546. The third-order valence-electron chi connectivity index (χ3n) is 3.12. The van der Waals surface area contributed by atoms with Gasteiger partial charge in [0.05, 0.1) is 12.0 Å². The van der Waals surface area contributed by atoms with Crippen LogP contribution in [-0.4, -0.2) is 27.0 Å². The van der Waals surface area contributed by atoms with Gasteiger partial charge in [0, 0.05) is 0 Å². The van der Waals surface area contributed by atoms with Crippen LogP contribution in [-0.2, 0) is 25.0 Å². The van der Waals surface area contributed by atoms with Crippen LogP contribution in [0.4, 0.5) is 0 Å². The van der Waals surface area contributed by atoms with Crippen molar-refractivity contribution in [3.05, 3.63) is 29.8 Å². The Morgan fingerprint density at radius 2 is 1.52 bits per heavy atom. The molecule has 1 N–H and O–H groups in total. The summed E-state index contributed by atoms with van der Waals surface area (Å²) < 4.78 is 31.6. The molecule has 0 spiro atoms. The third-order valence-corrected chi connectivity index (χ3v) is 4.79. The Kier molecular flexibility index (Phi) is 4.85. The number of esters is 1. The predicted molar refractivity (Wildman–Crippen MR) is 81.6 cm³/mol. The molecule has 0 fully saturated rings. The normalized spacial score (nSPS) is 13.0. The minimum atomic E-state index is -3.79. The molecule has 6 heteroatoms. The summed E-state index contributed by atoms with van der Waals surface area (Å²) in [6.07, 6.45) is 0. The number of hydrogen-bond acceptors (Lipinski definition) is 4. The molecule has 0 aliphatic rings. The zero-order chi connectivity index (χ0) is 16.5. The Balaban J connectivity index is 3.07. The Morgan fingerprint density at radius 1 is 1.05 bits per heavy atom. The fourth-order valence-electron chi connectivity index (χ4n) is 1.83. The van der Waals surface area contributed by atoms with Crippen LogP contribution in [0.25, 0.3) is 0 Å². The second kappa shape index (κ2) is 5.77. The lowest BCUT2D eigenvalue weighted by molar-refractivity contribution is -0.146. The highest BCUT2D eigenvalue weighted by atomic mass is 32.2. The van der Waals surface area contributed by atoms with E-state index in [1.165, 1.54) is 33.1 Å². The highest BCUT2D eigenvalue weighted by Gasteiger charge is 2.34. The zero-order valence-electron chi connectivity index (χ0n) is 13.4. The van der Waals surface area contributed by atoms with Crippen molar-refractivity contribution in [3.63, 3.8) is 0 Å². The Labute approximate surface area is 126 Å². The van der Waals surface area contributed by atoms with Gasteiger partial charge in [-0.2, -0.15) is 4.72 Å². The first-order chi connectivity index (χ1) is 9.40. The quantitative estimate of drug-likeness (QED) is 0.865. The number of carbonyl (C=O) groups is 1. The van der Waals surface area contributed by atoms with E-state index in [2.05, 4.69) is 30.2 Å². The van der Waals surface area contributed by atoms with Crippen molar-refractivity contribution in [3.8, 4) is 0 Å². The van der Waals surface area contributed by atoms with Gasteiger partial charge in [-0.25, -0.2) is 8.42 Å². The summed E-state index contributed by atoms with van der Waals surface area (Å²) in [4.78, 5) is 11.7. The summed E-state index contributed by atoms with van der Waals surface area (Å²) in [7, 11) is -2.57. The summed E-state index contributed by atoms with van der Waals surface area (Å²) in [5.74, 6) is -0.641. The molecule has 0 bridgehead atoms. The lowest BCUT2D eigenvalue weighted by Gasteiger charge is -2.23. The van der Waals surface area contributed by atoms with E-state index in [0.717, 1.165) is 5.56 Å². The van der Waals surface area contributed by atoms with E-state index < -0.39 is 21.5 Å². The first-order valence-electron chi connectivity index (χ1n) is 6.63. The summed E-state index contributed by atoms with van der Waals surface area (Å²) >= 11 is 0. The molecule has 0 unspecified atom stereocenters. The van der Waals surface area contributed by atoms with Crippen LogP contribution in [0.15, 0.2) is 29.2 Å². The van der Waals surface area contributed by atoms with Crippen LogP contribution >= 0.6 is 0 Å². The topological polar surface area (TPSA) is 72.5 Å². The van der Waals surface area contributed by atoms with Gasteiger partial charge in [0.25, 0.3) is 0 Å². The fourth-order valence-corrected chi connectivity index (χ4v) is 3.19. The van der Waals surface area contributed by atoms with Crippen LogP contribution < -0.4 is 4.72 Å². The van der Waals surface area contributed by atoms with Gasteiger partial charge in [0.15, 0.2) is 0 Å². The minimum Gasteiger partial charge on any atom is -0.468 e. The zero-order valence-corrected chi connectivity index (χ0v) is 14.2. The van der Waals surface area contributed by atoms with Gasteiger partial charge < -0.3 is 4.74 Å². The highest BCUT2D eigenvalue weighted by molar-refractivity contribution is 7.89. The van der Waals surface area contributed by atoms with Gasteiger partial charge in [-0.05, 0) is 37.0 Å². The van der Waals surface area contributed by atoms with Gasteiger partial charge in [-0.1, -0.05) is 32.9 Å². The number of ether oxygens (including phenoxy) is 1. The first-order valence-corrected chi connectivity index (χ1v) is 8.11. The summed E-state index contributed by atoms with van der Waals surface area (Å²) in [6.45, 7) is 9.07. The maximum Gasteiger partial charge on any atom is 0.326 e. The van der Waals surface area contributed by atoms with Crippen LogP contribution in [0, 0.1) is 0 Å². The number of rotatable bonds is 4. The van der Waals surface area contributed by atoms with Crippen LogP contribution in [0.3, 0.4) is 0 Å². The van der Waals surface area contributed by atoms with Crippen molar-refractivity contribution in [2.45, 2.75) is 50.5 Å². The molecule has 21 heavy (non-hydrogen) atoms. The number of methoxy groups -OCH3 is 1. The monoisotopic (exact) mass is 313 g/mol. The number of hydrogen-bond donors (Lipinski definition) is 1. The second-order valence-corrected chi connectivity index (χ2v) is 8.18. The molecular weight excluding hydrogens is 290 g/mol. The maximum absolute atomic E-state index is 12.3. The van der Waals surface area contributed by atoms with E-state index in [9.17, 15) is 13.2 Å². The molecule has 0 atom stereocenters. The van der Waals surface area contributed by atoms with Gasteiger partial charge >= 0.3 is 5.97 Å². The van der Waals surface area contributed by atoms with Crippen molar-refractivity contribution >= 4 is 16.0 Å². The molecule has 0 aromatic heterocycles. The van der Waals surface area contributed by atoms with Crippen molar-refractivity contribution in [2.24, 2.45) is 0 Å². The van der Waals surface area contributed by atoms with E-state index >= 15 is 0 Å². The molecule has 0 saturated heterocycles. The van der Waals surface area contributed by atoms with Crippen molar-refractivity contribution in [1.29, 1.82) is 0 Å². The number of carbonyl (C=O) groups excluding carboxylic acids is 1. The first kappa shape index (κ1) is 17.7. The van der Waals surface area contributed by atoms with E-state index in [1.54, 1.807) is 12.1 Å². The molecule has 0 saturated carbocycles. The Morgan fingerprint density at radius 3 is 1.90 bits per heavy atom. The fraction of sp³-hybridized carbons (Fsp3) is 0.533. The van der Waals surface area contributed by atoms with E-state index in [1.807, 2.05) is 0 Å². The van der Waals surface area contributed by atoms with Gasteiger partial charge in [-0.15, -0.1) is 0 Å². The molecule has 1 aromatic carbocycles. The largest absolute Gasteiger partial charge is 0.468 e. The maximum atomic E-state index is 12.3. The average Bonchev–Trinajstić information content (AvgIpc) is 2.35. The molecule has 0 heterocycles. The molecule has 0 amide bonds. The summed E-state index contributed by atoms with van der Waals surface area (Å²) in [6, 6.07) is 6.63. The predicted octanol–water partition coefficient (Wildman–Crippen LogP) is 2.21. The lowest BCUT2D eigenvalue weighted by atomic mass is 9.87. The van der Waals surface area contributed by atoms with Crippen molar-refractivity contribution < 1.29 is 17.9 Å². The van der Waals surface area contributed by atoms with Crippen molar-refractivity contribution in [1.82, 2.24) is 4.72 Å². The van der Waals surface area contributed by atoms with Gasteiger partial charge in [0.1, 0.15) is 5.54 Å².